The lowest BCUT2D eigenvalue weighted by atomic mass is 10.2. The number of aliphatic carboxylic acids is 1. The van der Waals surface area contributed by atoms with Crippen LogP contribution in [0.5, 0.6) is 5.75 Å². The molecule has 0 aliphatic rings. The van der Waals surface area contributed by atoms with Crippen molar-refractivity contribution in [3.63, 3.8) is 0 Å². The highest BCUT2D eigenvalue weighted by Gasteiger charge is 2.21. The molecule has 7 nitrogen and oxygen atoms in total. The monoisotopic (exact) mass is 358 g/mol. The van der Waals surface area contributed by atoms with Crippen LogP contribution in [0.4, 0.5) is 0 Å². The van der Waals surface area contributed by atoms with Crippen molar-refractivity contribution in [2.24, 2.45) is 5.73 Å². The predicted octanol–water partition coefficient (Wildman–Crippen LogP) is 0.663. The first kappa shape index (κ1) is 17.0. The van der Waals surface area contributed by atoms with Crippen LogP contribution in [0.3, 0.4) is 0 Å². The number of nitrogens with one attached hydrogen (secondary N) is 1. The highest BCUT2D eigenvalue weighted by atomic mass is 79.9. The highest BCUT2D eigenvalue weighted by molar-refractivity contribution is 9.10. The summed E-state index contributed by atoms with van der Waals surface area (Å²) in [5.74, 6) is -2.04. The third-order valence-corrected chi connectivity index (χ3v) is 2.98. The van der Waals surface area contributed by atoms with Gasteiger partial charge in [-0.05, 0) is 24.3 Å². The number of rotatable bonds is 8. The van der Waals surface area contributed by atoms with Crippen LogP contribution in [0, 0.1) is 0 Å². The van der Waals surface area contributed by atoms with Crippen molar-refractivity contribution in [2.75, 3.05) is 6.61 Å². The zero-order valence-corrected chi connectivity index (χ0v) is 12.6. The van der Waals surface area contributed by atoms with E-state index in [1.54, 1.807) is 24.3 Å². The molecule has 0 bridgehead atoms. The maximum absolute atomic E-state index is 11.6. The number of carboxylic acid groups (broad SMARTS) is 1. The molecule has 0 fully saturated rings. The van der Waals surface area contributed by atoms with Crippen LogP contribution in [0.1, 0.15) is 12.8 Å². The molecule has 2 amide bonds. The number of primary amides is 1. The lowest BCUT2D eigenvalue weighted by Crippen LogP contribution is -2.43. The van der Waals surface area contributed by atoms with Gasteiger partial charge in [-0.1, -0.05) is 15.9 Å². The van der Waals surface area contributed by atoms with Crippen molar-refractivity contribution >= 4 is 33.7 Å². The number of benzene rings is 1. The van der Waals surface area contributed by atoms with E-state index in [2.05, 4.69) is 21.2 Å². The smallest absolute Gasteiger partial charge is 0.326 e. The zero-order chi connectivity index (χ0) is 15.8. The van der Waals surface area contributed by atoms with Crippen LogP contribution in [0.15, 0.2) is 28.7 Å². The summed E-state index contributed by atoms with van der Waals surface area (Å²) >= 11 is 3.28. The van der Waals surface area contributed by atoms with Gasteiger partial charge in [-0.15, -0.1) is 0 Å². The Morgan fingerprint density at radius 1 is 1.29 bits per heavy atom. The number of hydrogen-bond donors (Lipinski definition) is 3. The van der Waals surface area contributed by atoms with Crippen molar-refractivity contribution < 1.29 is 24.2 Å². The SMILES string of the molecule is NC(=O)CC(NC(=O)CCOc1ccc(Br)cc1)C(=O)O. The summed E-state index contributed by atoms with van der Waals surface area (Å²) in [6.45, 7) is 0.0936. The molecule has 4 N–H and O–H groups in total. The molecule has 0 aliphatic heterocycles. The number of nitrogens with two attached hydrogens (primary N) is 1. The molecule has 1 unspecified atom stereocenters. The fraction of sp³-hybridized carbons (Fsp3) is 0.308. The van der Waals surface area contributed by atoms with Crippen molar-refractivity contribution in [3.8, 4) is 5.75 Å². The molecule has 1 aromatic carbocycles. The Labute approximate surface area is 129 Å². The first-order chi connectivity index (χ1) is 9.88. The van der Waals surface area contributed by atoms with Crippen LogP contribution >= 0.6 is 15.9 Å². The lowest BCUT2D eigenvalue weighted by Gasteiger charge is -2.13. The Kier molecular flexibility index (Phi) is 6.67. The molecule has 0 aliphatic carbocycles. The van der Waals surface area contributed by atoms with Crippen LogP contribution in [-0.4, -0.2) is 35.5 Å². The number of hydrogen-bond acceptors (Lipinski definition) is 4. The fourth-order valence-corrected chi connectivity index (χ4v) is 1.72. The summed E-state index contributed by atoms with van der Waals surface area (Å²) in [5, 5.41) is 11.1. The predicted molar refractivity (Wildman–Crippen MR) is 77.6 cm³/mol. The third kappa shape index (κ3) is 6.75. The molecule has 8 heteroatoms. The Morgan fingerprint density at radius 2 is 1.90 bits per heavy atom. The minimum Gasteiger partial charge on any atom is -0.493 e. The van der Waals surface area contributed by atoms with Gasteiger partial charge in [-0.3, -0.25) is 9.59 Å². The van der Waals surface area contributed by atoms with E-state index in [9.17, 15) is 14.4 Å². The summed E-state index contributed by atoms with van der Waals surface area (Å²) in [6.07, 6.45) is -0.479. The van der Waals surface area contributed by atoms with Gasteiger partial charge in [0.25, 0.3) is 0 Å². The third-order valence-electron chi connectivity index (χ3n) is 2.45. The Hall–Kier alpha value is -2.09. The first-order valence-corrected chi connectivity index (χ1v) is 6.86. The summed E-state index contributed by atoms with van der Waals surface area (Å²) in [4.78, 5) is 33.1. The average molecular weight is 359 g/mol. The number of amides is 2. The van der Waals surface area contributed by atoms with E-state index in [1.807, 2.05) is 0 Å². The minimum absolute atomic E-state index is 0.0292. The van der Waals surface area contributed by atoms with E-state index in [4.69, 9.17) is 15.6 Å². The summed E-state index contributed by atoms with van der Waals surface area (Å²) < 4.78 is 6.24. The van der Waals surface area contributed by atoms with Crippen molar-refractivity contribution in [3.05, 3.63) is 28.7 Å². The van der Waals surface area contributed by atoms with Crippen LogP contribution in [0.2, 0.25) is 0 Å². The second-order valence-electron chi connectivity index (χ2n) is 4.18. The number of ether oxygens (including phenoxy) is 1. The number of carbonyl (C=O) groups excluding carboxylic acids is 2. The van der Waals surface area contributed by atoms with E-state index in [1.165, 1.54) is 0 Å². The van der Waals surface area contributed by atoms with Gasteiger partial charge in [0.2, 0.25) is 11.8 Å². The van der Waals surface area contributed by atoms with Crippen molar-refractivity contribution in [1.82, 2.24) is 5.32 Å². The molecular formula is C13H15BrN2O5. The molecule has 21 heavy (non-hydrogen) atoms. The van der Waals surface area contributed by atoms with Gasteiger partial charge < -0.3 is 20.9 Å². The highest BCUT2D eigenvalue weighted by Crippen LogP contribution is 2.16. The molecule has 1 aromatic rings. The normalized spacial score (nSPS) is 11.5. The van der Waals surface area contributed by atoms with E-state index in [0.717, 1.165) is 4.47 Å². The maximum atomic E-state index is 11.6. The van der Waals surface area contributed by atoms with E-state index >= 15 is 0 Å². The Balaban J connectivity index is 2.37. The molecule has 0 saturated carbocycles. The Bertz CT molecular complexity index is 518. The molecule has 0 radical (unpaired) electrons. The van der Waals surface area contributed by atoms with Crippen LogP contribution < -0.4 is 15.8 Å². The molecule has 114 valence electrons. The molecule has 0 heterocycles. The lowest BCUT2D eigenvalue weighted by molar-refractivity contribution is -0.143. The van der Waals surface area contributed by atoms with E-state index < -0.39 is 30.2 Å². The summed E-state index contributed by atoms with van der Waals surface area (Å²) in [7, 11) is 0. The Morgan fingerprint density at radius 3 is 2.43 bits per heavy atom. The quantitative estimate of drug-likeness (QED) is 0.630. The zero-order valence-electron chi connectivity index (χ0n) is 11.0. The summed E-state index contributed by atoms with van der Waals surface area (Å²) in [5.41, 5.74) is 4.91. The topological polar surface area (TPSA) is 119 Å². The standard InChI is InChI=1S/C13H15BrN2O5/c14-8-1-3-9(4-2-8)21-6-5-12(18)16-10(13(19)20)7-11(15)17/h1-4,10H,5-7H2,(H2,15,17)(H,16,18)(H,19,20). The van der Waals surface area contributed by atoms with E-state index in [-0.39, 0.29) is 13.0 Å². The number of carbonyl (C=O) groups is 3. The minimum atomic E-state index is -1.32. The fourth-order valence-electron chi connectivity index (χ4n) is 1.46. The van der Waals surface area contributed by atoms with E-state index in [0.29, 0.717) is 5.75 Å². The van der Waals surface area contributed by atoms with Crippen molar-refractivity contribution in [2.45, 2.75) is 18.9 Å². The molecule has 0 spiro atoms. The molecule has 0 aromatic heterocycles. The molecule has 1 atom stereocenters. The van der Waals surface area contributed by atoms with Gasteiger partial charge in [0.1, 0.15) is 11.8 Å². The van der Waals surface area contributed by atoms with Gasteiger partial charge in [0.15, 0.2) is 0 Å². The van der Waals surface area contributed by atoms with Gasteiger partial charge in [-0.25, -0.2) is 4.79 Å². The van der Waals surface area contributed by atoms with Crippen molar-refractivity contribution in [1.29, 1.82) is 0 Å². The number of carboxylic acids is 1. The first-order valence-electron chi connectivity index (χ1n) is 6.07. The van der Waals surface area contributed by atoms with Gasteiger partial charge in [0.05, 0.1) is 19.4 Å². The largest absolute Gasteiger partial charge is 0.493 e. The van der Waals surface area contributed by atoms with Gasteiger partial charge >= 0.3 is 5.97 Å². The van der Waals surface area contributed by atoms with Gasteiger partial charge in [-0.2, -0.15) is 0 Å². The van der Waals surface area contributed by atoms with Gasteiger partial charge in [0, 0.05) is 4.47 Å². The second-order valence-corrected chi connectivity index (χ2v) is 5.10. The van der Waals surface area contributed by atoms with Crippen LogP contribution in [0.25, 0.3) is 0 Å². The summed E-state index contributed by atoms with van der Waals surface area (Å²) in [6, 6.07) is 5.73. The number of halogens is 1. The molecule has 0 saturated heterocycles. The maximum Gasteiger partial charge on any atom is 0.326 e. The van der Waals surface area contributed by atoms with Crippen LogP contribution in [-0.2, 0) is 14.4 Å². The average Bonchev–Trinajstić information content (AvgIpc) is 2.39. The molecule has 1 rings (SSSR count). The second kappa shape index (κ2) is 8.25. The molecular weight excluding hydrogens is 344 g/mol.